The highest BCUT2D eigenvalue weighted by atomic mass is 35.5. The van der Waals surface area contributed by atoms with Gasteiger partial charge in [-0.2, -0.15) is 26.3 Å². The van der Waals surface area contributed by atoms with Crippen LogP contribution in [0.15, 0.2) is 18.2 Å². The predicted octanol–water partition coefficient (Wildman–Crippen LogP) is 4.70. The van der Waals surface area contributed by atoms with Gasteiger partial charge in [-0.15, -0.1) is 0 Å². The van der Waals surface area contributed by atoms with E-state index in [1.54, 1.807) is 0 Å². The smallest absolute Gasteiger partial charge is 0.324 e. The highest BCUT2D eigenvalue weighted by Crippen LogP contribution is 2.37. The standard InChI is InChI=1S/C11H10ClF6N/c12-6-1-2-7(8(5-6)11(16,17)18)9(19)3-4-10(13,14)15/h1-2,5,9H,3-4,19H2/t9-/m1/s1. The van der Waals surface area contributed by atoms with Crippen molar-refractivity contribution in [2.45, 2.75) is 31.2 Å². The Hall–Kier alpha value is -0.950. The zero-order valence-corrected chi connectivity index (χ0v) is 10.2. The summed E-state index contributed by atoms with van der Waals surface area (Å²) >= 11 is 5.46. The molecule has 1 aromatic carbocycles. The van der Waals surface area contributed by atoms with Crippen LogP contribution in [0, 0.1) is 0 Å². The van der Waals surface area contributed by atoms with Crippen LogP contribution < -0.4 is 5.73 Å². The molecule has 1 rings (SSSR count). The first kappa shape index (κ1) is 16.1. The first-order valence-corrected chi connectivity index (χ1v) is 5.57. The number of rotatable bonds is 3. The van der Waals surface area contributed by atoms with Crippen molar-refractivity contribution in [3.8, 4) is 0 Å². The fraction of sp³-hybridized carbons (Fsp3) is 0.455. The Kier molecular flexibility index (Phi) is 4.73. The van der Waals surface area contributed by atoms with E-state index in [1.165, 1.54) is 6.07 Å². The van der Waals surface area contributed by atoms with E-state index in [2.05, 4.69) is 0 Å². The zero-order valence-electron chi connectivity index (χ0n) is 9.45. The van der Waals surface area contributed by atoms with Crippen LogP contribution >= 0.6 is 11.6 Å². The lowest BCUT2D eigenvalue weighted by Crippen LogP contribution is -2.20. The average Bonchev–Trinajstić information content (AvgIpc) is 2.23. The molecular formula is C11H10ClF6N. The average molecular weight is 306 g/mol. The molecule has 0 aromatic heterocycles. The van der Waals surface area contributed by atoms with E-state index in [0.29, 0.717) is 6.07 Å². The topological polar surface area (TPSA) is 26.0 Å². The molecule has 0 aliphatic carbocycles. The molecule has 1 atom stereocenters. The molecule has 0 aliphatic heterocycles. The van der Waals surface area contributed by atoms with E-state index in [0.717, 1.165) is 6.07 Å². The molecule has 0 aliphatic rings. The summed E-state index contributed by atoms with van der Waals surface area (Å²) < 4.78 is 74.3. The number of halogens is 7. The van der Waals surface area contributed by atoms with Gasteiger partial charge in [0, 0.05) is 17.5 Å². The molecule has 8 heteroatoms. The Morgan fingerprint density at radius 3 is 2.16 bits per heavy atom. The van der Waals surface area contributed by atoms with Gasteiger partial charge < -0.3 is 5.73 Å². The van der Waals surface area contributed by atoms with Gasteiger partial charge in [0.2, 0.25) is 0 Å². The van der Waals surface area contributed by atoms with Crippen LogP contribution in [-0.4, -0.2) is 6.18 Å². The summed E-state index contributed by atoms with van der Waals surface area (Å²) in [7, 11) is 0. The lowest BCUT2D eigenvalue weighted by molar-refractivity contribution is -0.139. The molecule has 0 fully saturated rings. The summed E-state index contributed by atoms with van der Waals surface area (Å²) in [6.45, 7) is 0. The summed E-state index contributed by atoms with van der Waals surface area (Å²) in [5.41, 5.74) is 3.92. The van der Waals surface area contributed by atoms with Crippen LogP contribution in [-0.2, 0) is 6.18 Å². The molecule has 0 saturated carbocycles. The van der Waals surface area contributed by atoms with Crippen LogP contribution in [0.25, 0.3) is 0 Å². The second kappa shape index (κ2) is 5.58. The molecule has 1 nitrogen and oxygen atoms in total. The quantitative estimate of drug-likeness (QED) is 0.805. The highest BCUT2D eigenvalue weighted by molar-refractivity contribution is 6.30. The highest BCUT2D eigenvalue weighted by Gasteiger charge is 2.36. The van der Waals surface area contributed by atoms with E-state index in [-0.39, 0.29) is 10.6 Å². The molecule has 108 valence electrons. The normalized spacial score (nSPS) is 14.5. The second-order valence-corrected chi connectivity index (χ2v) is 4.43. The molecule has 0 amide bonds. The van der Waals surface area contributed by atoms with Crippen molar-refractivity contribution in [1.29, 1.82) is 0 Å². The van der Waals surface area contributed by atoms with E-state index < -0.39 is 36.8 Å². The van der Waals surface area contributed by atoms with Crippen LogP contribution in [0.5, 0.6) is 0 Å². The third kappa shape index (κ3) is 4.91. The van der Waals surface area contributed by atoms with Crippen LogP contribution in [0.2, 0.25) is 5.02 Å². The summed E-state index contributed by atoms with van der Waals surface area (Å²) in [6, 6.07) is 1.48. The molecule has 2 N–H and O–H groups in total. The van der Waals surface area contributed by atoms with Gasteiger partial charge in [-0.1, -0.05) is 17.7 Å². The van der Waals surface area contributed by atoms with Crippen molar-refractivity contribution in [2.75, 3.05) is 0 Å². The third-order valence-corrected chi connectivity index (χ3v) is 2.69. The largest absolute Gasteiger partial charge is 0.416 e. The lowest BCUT2D eigenvalue weighted by Gasteiger charge is -2.19. The fourth-order valence-corrected chi connectivity index (χ4v) is 1.74. The Morgan fingerprint density at radius 1 is 1.11 bits per heavy atom. The van der Waals surface area contributed by atoms with Crippen molar-refractivity contribution in [3.63, 3.8) is 0 Å². The van der Waals surface area contributed by atoms with Gasteiger partial charge in [0.15, 0.2) is 0 Å². The van der Waals surface area contributed by atoms with Gasteiger partial charge in [-0.3, -0.25) is 0 Å². The van der Waals surface area contributed by atoms with Gasteiger partial charge in [-0.25, -0.2) is 0 Å². The van der Waals surface area contributed by atoms with Crippen molar-refractivity contribution in [1.82, 2.24) is 0 Å². The first-order valence-electron chi connectivity index (χ1n) is 5.19. The lowest BCUT2D eigenvalue weighted by atomic mass is 9.97. The Balaban J connectivity index is 3.00. The summed E-state index contributed by atoms with van der Waals surface area (Å²) in [6.07, 6.45) is -11.0. The number of nitrogens with two attached hydrogens (primary N) is 1. The number of alkyl halides is 6. The molecule has 0 saturated heterocycles. The third-order valence-electron chi connectivity index (χ3n) is 2.46. The molecule has 19 heavy (non-hydrogen) atoms. The van der Waals surface area contributed by atoms with Gasteiger partial charge >= 0.3 is 12.4 Å². The summed E-state index contributed by atoms with van der Waals surface area (Å²) in [5, 5.41) is -0.154. The number of hydrogen-bond acceptors (Lipinski definition) is 1. The number of hydrogen-bond donors (Lipinski definition) is 1. The van der Waals surface area contributed by atoms with Crippen molar-refractivity contribution in [2.24, 2.45) is 5.73 Å². The van der Waals surface area contributed by atoms with Crippen LogP contribution in [0.4, 0.5) is 26.3 Å². The predicted molar refractivity (Wildman–Crippen MR) is 58.7 cm³/mol. The molecule has 1 aromatic rings. The second-order valence-electron chi connectivity index (χ2n) is 3.99. The van der Waals surface area contributed by atoms with Crippen molar-refractivity contribution in [3.05, 3.63) is 34.3 Å². The van der Waals surface area contributed by atoms with Gasteiger partial charge in [0.25, 0.3) is 0 Å². The minimum atomic E-state index is -4.71. The maximum absolute atomic E-state index is 12.7. The molecule has 0 bridgehead atoms. The van der Waals surface area contributed by atoms with Crippen molar-refractivity contribution >= 4 is 11.6 Å². The molecular weight excluding hydrogens is 296 g/mol. The molecule has 0 unspecified atom stereocenters. The zero-order chi connectivity index (χ0) is 14.8. The minimum Gasteiger partial charge on any atom is -0.324 e. The van der Waals surface area contributed by atoms with E-state index in [4.69, 9.17) is 17.3 Å². The summed E-state index contributed by atoms with van der Waals surface area (Å²) in [4.78, 5) is 0. The molecule has 0 radical (unpaired) electrons. The van der Waals surface area contributed by atoms with Crippen LogP contribution in [0.3, 0.4) is 0 Å². The SMILES string of the molecule is N[C@H](CCC(F)(F)F)c1ccc(Cl)cc1C(F)(F)F. The maximum Gasteiger partial charge on any atom is 0.416 e. The van der Waals surface area contributed by atoms with Crippen LogP contribution in [0.1, 0.15) is 30.0 Å². The van der Waals surface area contributed by atoms with E-state index in [1.807, 2.05) is 0 Å². The Labute approximate surface area is 110 Å². The monoisotopic (exact) mass is 305 g/mol. The first-order chi connectivity index (χ1) is 8.50. The Bertz CT molecular complexity index is 440. The minimum absolute atomic E-state index is 0.154. The number of benzene rings is 1. The maximum atomic E-state index is 12.7. The summed E-state index contributed by atoms with van der Waals surface area (Å²) in [5.74, 6) is 0. The van der Waals surface area contributed by atoms with E-state index in [9.17, 15) is 26.3 Å². The van der Waals surface area contributed by atoms with Gasteiger partial charge in [0.1, 0.15) is 0 Å². The van der Waals surface area contributed by atoms with Gasteiger partial charge in [0.05, 0.1) is 5.56 Å². The fourth-order valence-electron chi connectivity index (χ4n) is 1.57. The Morgan fingerprint density at radius 2 is 1.68 bits per heavy atom. The molecule has 0 heterocycles. The molecule has 0 spiro atoms. The van der Waals surface area contributed by atoms with E-state index >= 15 is 0 Å². The van der Waals surface area contributed by atoms with Crippen molar-refractivity contribution < 1.29 is 26.3 Å². The van der Waals surface area contributed by atoms with Gasteiger partial charge in [-0.05, 0) is 24.1 Å².